The van der Waals surface area contributed by atoms with Crippen molar-refractivity contribution in [2.24, 2.45) is 0 Å². The first-order chi connectivity index (χ1) is 7.69. The molecule has 0 atom stereocenters. The van der Waals surface area contributed by atoms with Crippen molar-refractivity contribution in [1.29, 1.82) is 0 Å². The molecule has 0 amide bonds. The first-order valence-electron chi connectivity index (χ1n) is 5.34. The van der Waals surface area contributed by atoms with E-state index in [4.69, 9.17) is 0 Å². The van der Waals surface area contributed by atoms with Gasteiger partial charge in [-0.25, -0.2) is 9.89 Å². The van der Waals surface area contributed by atoms with Gasteiger partial charge in [0.1, 0.15) is 0 Å². The summed E-state index contributed by atoms with van der Waals surface area (Å²) in [5.41, 5.74) is 0.951. The summed E-state index contributed by atoms with van der Waals surface area (Å²) >= 11 is 1.53. The second-order valence-electron chi connectivity index (χ2n) is 3.37. The smallest absolute Gasteiger partial charge is 0.313 e. The number of hydrogen-bond donors (Lipinski definition) is 2. The standard InChI is InChI=1S/C10H18N4OS/c1-4-11-6-8(3)7-16-10-13-12-9(15)14(10)5-2/h11H,3-7H2,1-2H3,(H,12,15). The van der Waals surface area contributed by atoms with Crippen LogP contribution in [0.4, 0.5) is 0 Å². The van der Waals surface area contributed by atoms with E-state index < -0.39 is 0 Å². The van der Waals surface area contributed by atoms with Gasteiger partial charge in [-0.15, -0.1) is 5.10 Å². The van der Waals surface area contributed by atoms with E-state index in [0.29, 0.717) is 6.54 Å². The third-order valence-electron chi connectivity index (χ3n) is 2.07. The number of rotatable bonds is 7. The van der Waals surface area contributed by atoms with Gasteiger partial charge in [-0.05, 0) is 13.5 Å². The molecule has 90 valence electrons. The Balaban J connectivity index is 2.48. The van der Waals surface area contributed by atoms with Crippen LogP contribution in [-0.2, 0) is 6.54 Å². The van der Waals surface area contributed by atoms with E-state index in [1.807, 2.05) is 6.92 Å². The Hall–Kier alpha value is -1.01. The predicted octanol–water partition coefficient (Wildman–Crippen LogP) is 0.849. The molecule has 0 bridgehead atoms. The van der Waals surface area contributed by atoms with E-state index in [1.165, 1.54) is 11.8 Å². The molecule has 1 rings (SSSR count). The minimum absolute atomic E-state index is 0.151. The summed E-state index contributed by atoms with van der Waals surface area (Å²) in [6, 6.07) is 0. The van der Waals surface area contributed by atoms with E-state index in [-0.39, 0.29) is 5.69 Å². The Labute approximate surface area is 99.3 Å². The van der Waals surface area contributed by atoms with Gasteiger partial charge >= 0.3 is 5.69 Å². The minimum Gasteiger partial charge on any atom is -0.313 e. The van der Waals surface area contributed by atoms with Gasteiger partial charge in [0.05, 0.1) is 0 Å². The van der Waals surface area contributed by atoms with Gasteiger partial charge in [-0.2, -0.15) is 0 Å². The van der Waals surface area contributed by atoms with Crippen LogP contribution in [0, 0.1) is 0 Å². The zero-order chi connectivity index (χ0) is 12.0. The van der Waals surface area contributed by atoms with E-state index in [0.717, 1.165) is 29.6 Å². The fourth-order valence-electron chi connectivity index (χ4n) is 1.21. The molecule has 0 aliphatic rings. The van der Waals surface area contributed by atoms with Crippen molar-refractivity contribution in [3.05, 3.63) is 22.6 Å². The Morgan fingerprint density at radius 3 is 3.00 bits per heavy atom. The maximum absolute atomic E-state index is 11.3. The predicted molar refractivity (Wildman–Crippen MR) is 66.9 cm³/mol. The van der Waals surface area contributed by atoms with Crippen molar-refractivity contribution in [3.8, 4) is 0 Å². The van der Waals surface area contributed by atoms with Crippen molar-refractivity contribution in [2.75, 3.05) is 18.8 Å². The summed E-state index contributed by atoms with van der Waals surface area (Å²) in [5.74, 6) is 0.775. The Morgan fingerprint density at radius 1 is 1.62 bits per heavy atom. The number of likely N-dealkylation sites (N-methyl/N-ethyl adjacent to an activating group) is 1. The number of nitrogens with zero attached hydrogens (tertiary/aromatic N) is 2. The molecule has 1 heterocycles. The monoisotopic (exact) mass is 242 g/mol. The molecule has 0 radical (unpaired) electrons. The number of hydrogen-bond acceptors (Lipinski definition) is 4. The SMILES string of the molecule is C=C(CNCC)CSc1n[nH]c(=O)n1CC. The molecule has 0 saturated heterocycles. The van der Waals surface area contributed by atoms with Crippen molar-refractivity contribution in [3.63, 3.8) is 0 Å². The summed E-state index contributed by atoms with van der Waals surface area (Å²) in [6.45, 7) is 10.3. The molecule has 0 aromatic carbocycles. The van der Waals surface area contributed by atoms with E-state index in [1.54, 1.807) is 4.57 Å². The summed E-state index contributed by atoms with van der Waals surface area (Å²) in [6.07, 6.45) is 0. The van der Waals surface area contributed by atoms with Crippen LogP contribution in [0.5, 0.6) is 0 Å². The zero-order valence-corrected chi connectivity index (χ0v) is 10.6. The second kappa shape index (κ2) is 6.55. The quantitative estimate of drug-likeness (QED) is 0.549. The highest BCUT2D eigenvalue weighted by Gasteiger charge is 2.07. The molecule has 1 aromatic rings. The molecule has 5 nitrogen and oxygen atoms in total. The number of thioether (sulfide) groups is 1. The van der Waals surface area contributed by atoms with Crippen LogP contribution in [0.25, 0.3) is 0 Å². The van der Waals surface area contributed by atoms with Crippen LogP contribution in [0.1, 0.15) is 13.8 Å². The van der Waals surface area contributed by atoms with E-state index >= 15 is 0 Å². The minimum atomic E-state index is -0.151. The first-order valence-corrected chi connectivity index (χ1v) is 6.33. The second-order valence-corrected chi connectivity index (χ2v) is 4.32. The van der Waals surface area contributed by atoms with Gasteiger partial charge in [0.2, 0.25) is 0 Å². The van der Waals surface area contributed by atoms with Gasteiger partial charge in [0.25, 0.3) is 0 Å². The molecule has 0 fully saturated rings. The molecular formula is C10H18N4OS. The van der Waals surface area contributed by atoms with Crippen molar-refractivity contribution in [2.45, 2.75) is 25.5 Å². The van der Waals surface area contributed by atoms with E-state index in [2.05, 4.69) is 29.0 Å². The summed E-state index contributed by atoms with van der Waals surface area (Å²) in [5, 5.41) is 10.3. The molecule has 1 aromatic heterocycles. The molecule has 0 spiro atoms. The third kappa shape index (κ3) is 3.53. The Kier molecular flexibility index (Phi) is 5.34. The number of aromatic amines is 1. The molecular weight excluding hydrogens is 224 g/mol. The lowest BCUT2D eigenvalue weighted by molar-refractivity contribution is 0.660. The van der Waals surface area contributed by atoms with E-state index in [9.17, 15) is 4.79 Å². The van der Waals surface area contributed by atoms with Gasteiger partial charge in [0, 0.05) is 18.8 Å². The zero-order valence-electron chi connectivity index (χ0n) is 9.75. The normalized spacial score (nSPS) is 10.6. The van der Waals surface area contributed by atoms with Gasteiger partial charge in [0.15, 0.2) is 5.16 Å². The highest BCUT2D eigenvalue weighted by Crippen LogP contribution is 2.15. The average molecular weight is 242 g/mol. The van der Waals surface area contributed by atoms with Crippen LogP contribution in [-0.4, -0.2) is 33.6 Å². The van der Waals surface area contributed by atoms with Gasteiger partial charge in [-0.3, -0.25) is 4.57 Å². The molecule has 0 aliphatic heterocycles. The highest BCUT2D eigenvalue weighted by molar-refractivity contribution is 7.99. The van der Waals surface area contributed by atoms with Crippen LogP contribution in [0.3, 0.4) is 0 Å². The largest absolute Gasteiger partial charge is 0.343 e. The summed E-state index contributed by atoms with van der Waals surface area (Å²) in [7, 11) is 0. The number of H-pyrrole nitrogens is 1. The number of aromatic nitrogens is 3. The third-order valence-corrected chi connectivity index (χ3v) is 3.19. The van der Waals surface area contributed by atoms with Crippen LogP contribution >= 0.6 is 11.8 Å². The fraction of sp³-hybridized carbons (Fsp3) is 0.600. The topological polar surface area (TPSA) is 62.7 Å². The Bertz CT molecular complexity index is 396. The first kappa shape index (κ1) is 13.1. The highest BCUT2D eigenvalue weighted by atomic mass is 32.2. The van der Waals surface area contributed by atoms with Crippen molar-refractivity contribution in [1.82, 2.24) is 20.1 Å². The molecule has 0 saturated carbocycles. The molecule has 0 aliphatic carbocycles. The van der Waals surface area contributed by atoms with Crippen LogP contribution in [0.15, 0.2) is 22.1 Å². The van der Waals surface area contributed by atoms with Crippen LogP contribution < -0.4 is 11.0 Å². The van der Waals surface area contributed by atoms with Crippen LogP contribution in [0.2, 0.25) is 0 Å². The molecule has 2 N–H and O–H groups in total. The lowest BCUT2D eigenvalue weighted by atomic mass is 10.3. The summed E-state index contributed by atoms with van der Waals surface area (Å²) in [4.78, 5) is 11.3. The maximum atomic E-state index is 11.3. The lowest BCUT2D eigenvalue weighted by Crippen LogP contribution is -2.17. The molecule has 16 heavy (non-hydrogen) atoms. The summed E-state index contributed by atoms with van der Waals surface area (Å²) < 4.78 is 1.62. The van der Waals surface area contributed by atoms with Crippen molar-refractivity contribution < 1.29 is 0 Å². The van der Waals surface area contributed by atoms with Crippen molar-refractivity contribution >= 4 is 11.8 Å². The fourth-order valence-corrected chi connectivity index (χ4v) is 2.13. The van der Waals surface area contributed by atoms with Gasteiger partial charge < -0.3 is 5.32 Å². The molecule has 6 heteroatoms. The average Bonchev–Trinajstić information content (AvgIpc) is 2.64. The maximum Gasteiger partial charge on any atom is 0.343 e. The Morgan fingerprint density at radius 2 is 2.38 bits per heavy atom. The molecule has 0 unspecified atom stereocenters. The van der Waals surface area contributed by atoms with Gasteiger partial charge in [-0.1, -0.05) is 30.8 Å². The lowest BCUT2D eigenvalue weighted by Gasteiger charge is -2.05. The number of nitrogens with one attached hydrogen (secondary N) is 2.